The molecule has 0 spiro atoms. The van der Waals surface area contributed by atoms with Crippen molar-refractivity contribution in [1.29, 1.82) is 0 Å². The summed E-state index contributed by atoms with van der Waals surface area (Å²) < 4.78 is 1.65. The van der Waals surface area contributed by atoms with E-state index in [1.165, 1.54) is 4.88 Å². The van der Waals surface area contributed by atoms with E-state index in [9.17, 15) is 4.79 Å². The quantitative estimate of drug-likeness (QED) is 0.908. The van der Waals surface area contributed by atoms with E-state index >= 15 is 0 Å². The lowest BCUT2D eigenvalue weighted by Gasteiger charge is -2.12. The number of amides is 1. The van der Waals surface area contributed by atoms with Crippen molar-refractivity contribution in [2.24, 2.45) is 0 Å². The summed E-state index contributed by atoms with van der Waals surface area (Å²) in [5.74, 6) is -0.0610. The highest BCUT2D eigenvalue weighted by molar-refractivity contribution is 7.12. The van der Waals surface area contributed by atoms with Crippen LogP contribution in [0.2, 0.25) is 0 Å². The molecule has 0 aliphatic rings. The third-order valence-corrected chi connectivity index (χ3v) is 4.48. The molecule has 0 aliphatic heterocycles. The molecule has 0 aliphatic carbocycles. The molecule has 20 heavy (non-hydrogen) atoms. The molecule has 2 aromatic rings. The number of carbonyl (C=O) groups is 1. The predicted molar refractivity (Wildman–Crippen MR) is 81.7 cm³/mol. The Morgan fingerprint density at radius 2 is 2.15 bits per heavy atom. The van der Waals surface area contributed by atoms with Gasteiger partial charge >= 0.3 is 0 Å². The van der Waals surface area contributed by atoms with Gasteiger partial charge in [0.05, 0.1) is 23.1 Å². The molecule has 2 rings (SSSR count). The van der Waals surface area contributed by atoms with Crippen molar-refractivity contribution in [1.82, 2.24) is 15.1 Å². The molecular formula is C14H20N4OS. The van der Waals surface area contributed by atoms with Crippen LogP contribution < -0.4 is 11.1 Å². The Hall–Kier alpha value is -1.82. The summed E-state index contributed by atoms with van der Waals surface area (Å²) >= 11 is 1.70. The summed E-state index contributed by atoms with van der Waals surface area (Å²) in [5, 5.41) is 7.25. The van der Waals surface area contributed by atoms with Crippen molar-refractivity contribution in [3.05, 3.63) is 33.3 Å². The summed E-state index contributed by atoms with van der Waals surface area (Å²) in [6.07, 6.45) is 0. The van der Waals surface area contributed by atoms with E-state index in [-0.39, 0.29) is 18.5 Å². The minimum Gasteiger partial charge on any atom is -0.396 e. The molecule has 108 valence electrons. The van der Waals surface area contributed by atoms with Crippen molar-refractivity contribution >= 4 is 22.9 Å². The number of rotatable bonds is 4. The summed E-state index contributed by atoms with van der Waals surface area (Å²) in [7, 11) is 0. The molecule has 5 nitrogen and oxygen atoms in total. The highest BCUT2D eigenvalue weighted by atomic mass is 32.1. The maximum Gasteiger partial charge on any atom is 0.242 e. The number of nitrogens with zero attached hydrogens (tertiary/aromatic N) is 2. The highest BCUT2D eigenvalue weighted by Crippen LogP contribution is 2.22. The Labute approximate surface area is 122 Å². The number of aryl methyl sites for hydroxylation is 2. The molecule has 0 aromatic carbocycles. The largest absolute Gasteiger partial charge is 0.396 e. The third-order valence-electron chi connectivity index (χ3n) is 3.30. The van der Waals surface area contributed by atoms with Crippen molar-refractivity contribution in [2.45, 2.75) is 40.3 Å². The Balaban J connectivity index is 2.00. The van der Waals surface area contributed by atoms with Crippen LogP contribution in [0, 0.1) is 20.8 Å². The Morgan fingerprint density at radius 1 is 1.45 bits per heavy atom. The van der Waals surface area contributed by atoms with Crippen LogP contribution in [0.4, 0.5) is 5.69 Å². The normalized spacial score (nSPS) is 12.4. The second-order valence-corrected chi connectivity index (χ2v) is 6.30. The summed E-state index contributed by atoms with van der Waals surface area (Å²) in [5.41, 5.74) is 8.10. The van der Waals surface area contributed by atoms with Crippen LogP contribution >= 0.6 is 11.3 Å². The summed E-state index contributed by atoms with van der Waals surface area (Å²) in [6.45, 7) is 7.95. The minimum absolute atomic E-state index is 0.00973. The van der Waals surface area contributed by atoms with E-state index in [1.54, 1.807) is 16.0 Å². The zero-order valence-corrected chi connectivity index (χ0v) is 13.0. The number of nitrogen functional groups attached to an aromatic ring is 1. The van der Waals surface area contributed by atoms with Gasteiger partial charge in [-0.05, 0) is 39.8 Å². The molecule has 3 N–H and O–H groups in total. The Kier molecular flexibility index (Phi) is 4.13. The molecule has 0 saturated carbocycles. The minimum atomic E-state index is -0.0610. The number of nitrogens with two attached hydrogens (primary N) is 1. The van der Waals surface area contributed by atoms with Gasteiger partial charge in [0, 0.05) is 9.75 Å². The summed E-state index contributed by atoms with van der Waals surface area (Å²) in [4.78, 5) is 14.5. The summed E-state index contributed by atoms with van der Waals surface area (Å²) in [6, 6.07) is 4.12. The molecule has 1 atom stereocenters. The van der Waals surface area contributed by atoms with Crippen LogP contribution in [0.1, 0.15) is 34.1 Å². The lowest BCUT2D eigenvalue weighted by atomic mass is 10.2. The van der Waals surface area contributed by atoms with Crippen LogP contribution in [-0.4, -0.2) is 15.7 Å². The monoisotopic (exact) mass is 292 g/mol. The van der Waals surface area contributed by atoms with E-state index in [1.807, 2.05) is 26.8 Å². The molecule has 0 radical (unpaired) electrons. The number of hydrogen-bond donors (Lipinski definition) is 2. The van der Waals surface area contributed by atoms with E-state index in [0.717, 1.165) is 16.3 Å². The number of anilines is 1. The highest BCUT2D eigenvalue weighted by Gasteiger charge is 2.14. The maximum absolute atomic E-state index is 12.1. The molecule has 0 fully saturated rings. The van der Waals surface area contributed by atoms with Crippen LogP contribution in [0.5, 0.6) is 0 Å². The first-order chi connectivity index (χ1) is 9.38. The van der Waals surface area contributed by atoms with Gasteiger partial charge in [-0.1, -0.05) is 0 Å². The topological polar surface area (TPSA) is 72.9 Å². The fourth-order valence-electron chi connectivity index (χ4n) is 2.05. The second-order valence-electron chi connectivity index (χ2n) is 4.98. The van der Waals surface area contributed by atoms with Crippen LogP contribution in [-0.2, 0) is 11.3 Å². The average molecular weight is 292 g/mol. The molecule has 0 saturated heterocycles. The first-order valence-electron chi connectivity index (χ1n) is 6.53. The van der Waals surface area contributed by atoms with Gasteiger partial charge in [0.15, 0.2) is 0 Å². The molecule has 1 amide bonds. The molecule has 0 bridgehead atoms. The van der Waals surface area contributed by atoms with E-state index < -0.39 is 0 Å². The van der Waals surface area contributed by atoms with Gasteiger partial charge in [-0.15, -0.1) is 11.3 Å². The standard InChI is InChI=1S/C14H20N4OS/c1-8-5-6-12(20-8)9(2)16-13(19)7-18-11(4)14(15)10(3)17-18/h5-6,9H,7,15H2,1-4H3,(H,16,19). The third kappa shape index (κ3) is 3.01. The first kappa shape index (κ1) is 14.6. The van der Waals surface area contributed by atoms with E-state index in [4.69, 9.17) is 5.73 Å². The maximum atomic E-state index is 12.1. The fraction of sp³-hybridized carbons (Fsp3) is 0.429. The van der Waals surface area contributed by atoms with Gasteiger partial charge in [-0.3, -0.25) is 9.48 Å². The van der Waals surface area contributed by atoms with Gasteiger partial charge < -0.3 is 11.1 Å². The van der Waals surface area contributed by atoms with Crippen LogP contribution in [0.25, 0.3) is 0 Å². The van der Waals surface area contributed by atoms with E-state index in [2.05, 4.69) is 23.4 Å². The van der Waals surface area contributed by atoms with Gasteiger partial charge in [0.25, 0.3) is 0 Å². The van der Waals surface area contributed by atoms with Crippen molar-refractivity contribution < 1.29 is 4.79 Å². The Morgan fingerprint density at radius 3 is 2.65 bits per heavy atom. The van der Waals surface area contributed by atoms with Crippen molar-refractivity contribution in [3.8, 4) is 0 Å². The van der Waals surface area contributed by atoms with Crippen molar-refractivity contribution in [2.75, 3.05) is 5.73 Å². The van der Waals surface area contributed by atoms with Gasteiger partial charge in [-0.25, -0.2) is 0 Å². The lowest BCUT2D eigenvalue weighted by molar-refractivity contribution is -0.122. The van der Waals surface area contributed by atoms with Gasteiger partial charge in [0.2, 0.25) is 5.91 Å². The predicted octanol–water partition coefficient (Wildman–Crippen LogP) is 2.33. The molecule has 2 aromatic heterocycles. The van der Waals surface area contributed by atoms with Gasteiger partial charge in [-0.2, -0.15) is 5.10 Å². The lowest BCUT2D eigenvalue weighted by Crippen LogP contribution is -2.30. The first-order valence-corrected chi connectivity index (χ1v) is 7.35. The van der Waals surface area contributed by atoms with E-state index in [0.29, 0.717) is 5.69 Å². The number of hydrogen-bond acceptors (Lipinski definition) is 4. The average Bonchev–Trinajstić information content (AvgIpc) is 2.90. The zero-order chi connectivity index (χ0) is 14.9. The smallest absolute Gasteiger partial charge is 0.242 e. The number of carbonyl (C=O) groups excluding carboxylic acids is 1. The van der Waals surface area contributed by atoms with Crippen LogP contribution in [0.15, 0.2) is 12.1 Å². The molecule has 6 heteroatoms. The number of nitrogens with one attached hydrogen (secondary N) is 1. The second kappa shape index (κ2) is 5.66. The Bertz CT molecular complexity index is 629. The molecular weight excluding hydrogens is 272 g/mol. The van der Waals surface area contributed by atoms with Gasteiger partial charge in [0.1, 0.15) is 6.54 Å². The molecule has 2 heterocycles. The number of aromatic nitrogens is 2. The van der Waals surface area contributed by atoms with Crippen molar-refractivity contribution in [3.63, 3.8) is 0 Å². The SMILES string of the molecule is Cc1ccc(C(C)NC(=O)Cn2nc(C)c(N)c2C)s1. The van der Waals surface area contributed by atoms with Crippen LogP contribution in [0.3, 0.4) is 0 Å². The number of thiophene rings is 1. The zero-order valence-electron chi connectivity index (χ0n) is 12.2. The molecule has 1 unspecified atom stereocenters. The fourth-order valence-corrected chi connectivity index (χ4v) is 2.92.